The molecule has 1 atom stereocenters. The lowest BCUT2D eigenvalue weighted by molar-refractivity contribution is -0.139. The van der Waals surface area contributed by atoms with Gasteiger partial charge < -0.3 is 14.7 Å². The lowest BCUT2D eigenvalue weighted by atomic mass is 9.95. The van der Waals surface area contributed by atoms with Crippen LogP contribution in [0.1, 0.15) is 30.5 Å². The average molecular weight is 370 g/mol. The molecule has 0 saturated carbocycles. The van der Waals surface area contributed by atoms with Crippen LogP contribution in [0.5, 0.6) is 5.75 Å². The van der Waals surface area contributed by atoms with Crippen molar-refractivity contribution >= 4 is 17.4 Å². The molecule has 1 amide bonds. The molecule has 1 saturated heterocycles. The Morgan fingerprint density at radius 3 is 2.59 bits per heavy atom. The van der Waals surface area contributed by atoms with Crippen molar-refractivity contribution in [3.05, 3.63) is 65.2 Å². The van der Waals surface area contributed by atoms with E-state index in [1.807, 2.05) is 6.92 Å². The summed E-state index contributed by atoms with van der Waals surface area (Å²) >= 11 is 0. The van der Waals surface area contributed by atoms with Gasteiger partial charge in [-0.1, -0.05) is 6.92 Å². The van der Waals surface area contributed by atoms with Gasteiger partial charge in [0.15, 0.2) is 0 Å². The van der Waals surface area contributed by atoms with Gasteiger partial charge in [-0.15, -0.1) is 0 Å². The topological polar surface area (TPSA) is 79.7 Å². The summed E-state index contributed by atoms with van der Waals surface area (Å²) in [5.74, 6) is -2.38. The van der Waals surface area contributed by atoms with Crippen molar-refractivity contribution < 1.29 is 23.8 Å². The van der Waals surface area contributed by atoms with Crippen LogP contribution in [0.4, 0.5) is 4.39 Å². The van der Waals surface area contributed by atoms with Gasteiger partial charge in [0.05, 0.1) is 24.3 Å². The van der Waals surface area contributed by atoms with Gasteiger partial charge in [0, 0.05) is 18.9 Å². The number of carbonyl (C=O) groups excluding carboxylic acids is 2. The van der Waals surface area contributed by atoms with Gasteiger partial charge in [-0.2, -0.15) is 0 Å². The number of pyridine rings is 1. The molecular formula is C20H19FN2O4. The Labute approximate surface area is 155 Å². The number of rotatable bonds is 5. The smallest absolute Gasteiger partial charge is 0.295 e. The maximum absolute atomic E-state index is 13.8. The van der Waals surface area contributed by atoms with Gasteiger partial charge in [0.1, 0.15) is 17.3 Å². The molecule has 1 aromatic carbocycles. The zero-order valence-corrected chi connectivity index (χ0v) is 15.0. The Balaban J connectivity index is 2.24. The van der Waals surface area contributed by atoms with Crippen LogP contribution >= 0.6 is 0 Å². The van der Waals surface area contributed by atoms with E-state index in [0.29, 0.717) is 18.5 Å². The normalized spacial score (nSPS) is 18.8. The van der Waals surface area contributed by atoms with Crippen molar-refractivity contribution in [1.82, 2.24) is 9.88 Å². The molecule has 1 unspecified atom stereocenters. The summed E-state index contributed by atoms with van der Waals surface area (Å²) < 4.78 is 18.9. The molecule has 1 aromatic heterocycles. The third-order valence-electron chi connectivity index (χ3n) is 4.44. The number of ether oxygens (including phenoxy) is 1. The summed E-state index contributed by atoms with van der Waals surface area (Å²) in [6, 6.07) is 6.19. The van der Waals surface area contributed by atoms with Crippen LogP contribution in [0.25, 0.3) is 5.76 Å². The van der Waals surface area contributed by atoms with Crippen molar-refractivity contribution in [2.24, 2.45) is 0 Å². The van der Waals surface area contributed by atoms with Gasteiger partial charge >= 0.3 is 0 Å². The number of aliphatic hydroxyl groups excluding tert-OH is 1. The van der Waals surface area contributed by atoms with Gasteiger partial charge in [0.2, 0.25) is 0 Å². The molecule has 0 radical (unpaired) electrons. The molecule has 140 valence electrons. The molecule has 1 fully saturated rings. The number of ketones is 1. The maximum atomic E-state index is 13.8. The summed E-state index contributed by atoms with van der Waals surface area (Å²) in [6.45, 7) is 2.23. The van der Waals surface area contributed by atoms with E-state index >= 15 is 0 Å². The van der Waals surface area contributed by atoms with Crippen molar-refractivity contribution in [3.63, 3.8) is 0 Å². The highest BCUT2D eigenvalue weighted by atomic mass is 19.1. The number of benzene rings is 1. The van der Waals surface area contributed by atoms with Crippen molar-refractivity contribution in [2.45, 2.75) is 19.4 Å². The van der Waals surface area contributed by atoms with Crippen LogP contribution in [-0.4, -0.2) is 40.3 Å². The quantitative estimate of drug-likeness (QED) is 0.497. The number of methoxy groups -OCH3 is 1. The number of nitrogens with zero attached hydrogens (tertiary/aromatic N) is 2. The standard InChI is InChI=1S/C20H19FN2O4/c1-3-10-23-17(12-6-8-22-9-7-12)16(19(25)20(23)26)18(24)14-11-13(21)4-5-15(14)27-2/h4-9,11,17,24H,3,10H2,1-2H3/b18-16+. The number of carbonyl (C=O) groups is 2. The summed E-state index contributed by atoms with van der Waals surface area (Å²) in [4.78, 5) is 30.6. The van der Waals surface area contributed by atoms with E-state index in [-0.39, 0.29) is 16.9 Å². The number of likely N-dealkylation sites (tertiary alicyclic amines) is 1. The van der Waals surface area contributed by atoms with Crippen LogP contribution in [0.2, 0.25) is 0 Å². The second kappa shape index (κ2) is 7.57. The number of hydrogen-bond donors (Lipinski definition) is 1. The monoisotopic (exact) mass is 370 g/mol. The minimum atomic E-state index is -0.811. The second-order valence-corrected chi connectivity index (χ2v) is 6.12. The molecule has 6 nitrogen and oxygen atoms in total. The van der Waals surface area contributed by atoms with Crippen molar-refractivity contribution in [3.8, 4) is 5.75 Å². The van der Waals surface area contributed by atoms with E-state index in [2.05, 4.69) is 4.98 Å². The minimum absolute atomic E-state index is 0.0195. The molecule has 3 rings (SSSR count). The summed E-state index contributed by atoms with van der Waals surface area (Å²) in [7, 11) is 1.38. The third kappa shape index (κ3) is 3.28. The summed E-state index contributed by atoms with van der Waals surface area (Å²) in [5, 5.41) is 10.9. The molecule has 2 aromatic rings. The fourth-order valence-corrected chi connectivity index (χ4v) is 3.25. The van der Waals surface area contributed by atoms with E-state index in [4.69, 9.17) is 4.74 Å². The fourth-order valence-electron chi connectivity index (χ4n) is 3.25. The van der Waals surface area contributed by atoms with Crippen LogP contribution in [0.15, 0.2) is 48.3 Å². The largest absolute Gasteiger partial charge is 0.507 e. The first-order valence-electron chi connectivity index (χ1n) is 8.51. The van der Waals surface area contributed by atoms with Crippen LogP contribution < -0.4 is 4.74 Å². The van der Waals surface area contributed by atoms with Crippen LogP contribution in [0.3, 0.4) is 0 Å². The first-order valence-corrected chi connectivity index (χ1v) is 8.51. The SMILES string of the molecule is CCCN1C(=O)C(=O)/C(=C(/O)c2cc(F)ccc2OC)C1c1ccncc1. The van der Waals surface area contributed by atoms with E-state index < -0.39 is 29.3 Å². The molecule has 0 spiro atoms. The molecule has 1 aliphatic rings. The van der Waals surface area contributed by atoms with Crippen molar-refractivity contribution in [1.29, 1.82) is 0 Å². The average Bonchev–Trinajstić information content (AvgIpc) is 2.93. The summed E-state index contributed by atoms with van der Waals surface area (Å²) in [5.41, 5.74) is 0.559. The van der Waals surface area contributed by atoms with E-state index in [0.717, 1.165) is 6.07 Å². The first-order chi connectivity index (χ1) is 13.0. The predicted octanol–water partition coefficient (Wildman–Crippen LogP) is 3.06. The fraction of sp³-hybridized carbons (Fsp3) is 0.250. The first kappa shape index (κ1) is 18.6. The molecule has 1 N–H and O–H groups in total. The highest BCUT2D eigenvalue weighted by Gasteiger charge is 2.45. The van der Waals surface area contributed by atoms with Gasteiger partial charge in [-0.3, -0.25) is 14.6 Å². The molecule has 2 heterocycles. The Bertz CT molecular complexity index is 911. The third-order valence-corrected chi connectivity index (χ3v) is 4.44. The number of halogens is 1. The zero-order valence-electron chi connectivity index (χ0n) is 15.0. The van der Waals surface area contributed by atoms with E-state index in [1.54, 1.807) is 24.5 Å². The molecule has 27 heavy (non-hydrogen) atoms. The predicted molar refractivity (Wildman–Crippen MR) is 96.5 cm³/mol. The maximum Gasteiger partial charge on any atom is 0.295 e. The number of amides is 1. The van der Waals surface area contributed by atoms with Crippen molar-refractivity contribution in [2.75, 3.05) is 13.7 Å². The lowest BCUT2D eigenvalue weighted by Gasteiger charge is -2.24. The van der Waals surface area contributed by atoms with E-state index in [1.165, 1.54) is 24.1 Å². The highest BCUT2D eigenvalue weighted by Crippen LogP contribution is 2.40. The van der Waals surface area contributed by atoms with Gasteiger partial charge in [-0.05, 0) is 42.3 Å². The Hall–Kier alpha value is -3.22. The zero-order chi connectivity index (χ0) is 19.6. The molecule has 7 heteroatoms. The Morgan fingerprint density at radius 2 is 1.96 bits per heavy atom. The molecule has 0 bridgehead atoms. The number of aromatic nitrogens is 1. The van der Waals surface area contributed by atoms with Crippen LogP contribution in [-0.2, 0) is 9.59 Å². The Morgan fingerprint density at radius 1 is 1.26 bits per heavy atom. The second-order valence-electron chi connectivity index (χ2n) is 6.12. The van der Waals surface area contributed by atoms with Crippen LogP contribution in [0, 0.1) is 5.82 Å². The summed E-state index contributed by atoms with van der Waals surface area (Å²) in [6.07, 6.45) is 3.73. The molecule has 0 aliphatic carbocycles. The van der Waals surface area contributed by atoms with E-state index in [9.17, 15) is 19.1 Å². The van der Waals surface area contributed by atoms with Gasteiger partial charge in [0.25, 0.3) is 11.7 Å². The van der Waals surface area contributed by atoms with Gasteiger partial charge in [-0.25, -0.2) is 4.39 Å². The lowest BCUT2D eigenvalue weighted by Crippen LogP contribution is -2.30. The number of hydrogen-bond acceptors (Lipinski definition) is 5. The number of aliphatic hydroxyl groups is 1. The number of Topliss-reactive ketones (excluding diaryl/α,β-unsaturated/α-hetero) is 1. The highest BCUT2D eigenvalue weighted by molar-refractivity contribution is 6.46. The molecule has 1 aliphatic heterocycles. The molecular weight excluding hydrogens is 351 g/mol. The minimum Gasteiger partial charge on any atom is -0.507 e. The Kier molecular flexibility index (Phi) is 5.21.